The highest BCUT2D eigenvalue weighted by Gasteiger charge is 2.27. The Kier molecular flexibility index (Phi) is 4.24. The van der Waals surface area contributed by atoms with Crippen molar-refractivity contribution in [3.63, 3.8) is 0 Å². The number of hydrogen-bond acceptors (Lipinski definition) is 1. The largest absolute Gasteiger partial charge is 0.381 e. The third kappa shape index (κ3) is 3.30. The third-order valence-electron chi connectivity index (χ3n) is 3.31. The average molecular weight is 184 g/mol. The van der Waals surface area contributed by atoms with Crippen LogP contribution >= 0.6 is 0 Å². The van der Waals surface area contributed by atoms with Crippen LogP contribution in [-0.2, 0) is 4.74 Å². The van der Waals surface area contributed by atoms with Crippen LogP contribution in [0, 0.1) is 17.8 Å². The van der Waals surface area contributed by atoms with Gasteiger partial charge in [0.1, 0.15) is 0 Å². The minimum Gasteiger partial charge on any atom is -0.381 e. The number of rotatable bonds is 3. The Bertz CT molecular complexity index is 142. The summed E-state index contributed by atoms with van der Waals surface area (Å²) in [5.74, 6) is 2.58. The zero-order chi connectivity index (χ0) is 9.84. The lowest BCUT2D eigenvalue weighted by Crippen LogP contribution is -2.29. The number of ether oxygens (including phenoxy) is 1. The Balaban J connectivity index is 2.32. The second-order valence-electron chi connectivity index (χ2n) is 5.06. The van der Waals surface area contributed by atoms with E-state index in [9.17, 15) is 0 Å². The zero-order valence-electron chi connectivity index (χ0n) is 9.55. The van der Waals surface area contributed by atoms with Gasteiger partial charge < -0.3 is 4.74 Å². The van der Waals surface area contributed by atoms with Gasteiger partial charge in [0.25, 0.3) is 0 Å². The molecule has 1 aliphatic rings. The van der Waals surface area contributed by atoms with Gasteiger partial charge in [-0.3, -0.25) is 0 Å². The van der Waals surface area contributed by atoms with Gasteiger partial charge in [0.05, 0.1) is 6.10 Å². The van der Waals surface area contributed by atoms with Gasteiger partial charge in [-0.15, -0.1) is 0 Å². The monoisotopic (exact) mass is 184 g/mol. The van der Waals surface area contributed by atoms with Crippen LogP contribution in [0.4, 0.5) is 0 Å². The van der Waals surface area contributed by atoms with Gasteiger partial charge in [0.15, 0.2) is 0 Å². The molecule has 0 unspecified atom stereocenters. The highest BCUT2D eigenvalue weighted by molar-refractivity contribution is 4.78. The maximum absolute atomic E-state index is 5.46. The first-order valence-electron chi connectivity index (χ1n) is 5.66. The van der Waals surface area contributed by atoms with Crippen molar-refractivity contribution >= 4 is 0 Å². The van der Waals surface area contributed by atoms with Crippen molar-refractivity contribution in [2.75, 3.05) is 7.11 Å². The van der Waals surface area contributed by atoms with E-state index < -0.39 is 0 Å². The summed E-state index contributed by atoms with van der Waals surface area (Å²) in [6.45, 7) is 6.99. The van der Waals surface area contributed by atoms with Gasteiger partial charge in [-0.2, -0.15) is 0 Å². The summed E-state index contributed by atoms with van der Waals surface area (Å²) < 4.78 is 5.46. The standard InChI is InChI=1S/C12H24O/c1-9(2)7-11-5-6-12(13-4)10(3)8-11/h9-12H,5-8H2,1-4H3/t10-,11-,12+/m1/s1. The second-order valence-corrected chi connectivity index (χ2v) is 5.06. The molecule has 1 rings (SSSR count). The van der Waals surface area contributed by atoms with Crippen molar-refractivity contribution in [1.82, 2.24) is 0 Å². The van der Waals surface area contributed by atoms with Crippen LogP contribution in [0.15, 0.2) is 0 Å². The number of hydrogen-bond donors (Lipinski definition) is 0. The maximum Gasteiger partial charge on any atom is 0.0597 e. The molecule has 0 amide bonds. The van der Waals surface area contributed by atoms with Crippen molar-refractivity contribution in [2.45, 2.75) is 52.6 Å². The van der Waals surface area contributed by atoms with Crippen molar-refractivity contribution in [2.24, 2.45) is 17.8 Å². The minimum atomic E-state index is 0.531. The molecule has 0 aromatic rings. The van der Waals surface area contributed by atoms with Crippen LogP contribution < -0.4 is 0 Å². The fourth-order valence-corrected chi connectivity index (χ4v) is 2.71. The molecule has 1 aliphatic carbocycles. The molecule has 1 heteroatoms. The van der Waals surface area contributed by atoms with E-state index in [1.54, 1.807) is 0 Å². The Morgan fingerprint density at radius 2 is 2.00 bits per heavy atom. The van der Waals surface area contributed by atoms with Gasteiger partial charge in [0.2, 0.25) is 0 Å². The predicted molar refractivity (Wildman–Crippen MR) is 56.8 cm³/mol. The van der Waals surface area contributed by atoms with E-state index in [1.807, 2.05) is 7.11 Å². The lowest BCUT2D eigenvalue weighted by Gasteiger charge is -2.34. The molecule has 3 atom stereocenters. The number of methoxy groups -OCH3 is 1. The molecule has 0 bridgehead atoms. The van der Waals surface area contributed by atoms with Crippen LogP contribution in [0.1, 0.15) is 46.5 Å². The van der Waals surface area contributed by atoms with Crippen molar-refractivity contribution < 1.29 is 4.74 Å². The lowest BCUT2D eigenvalue weighted by atomic mass is 9.77. The van der Waals surface area contributed by atoms with Crippen LogP contribution in [-0.4, -0.2) is 13.2 Å². The molecule has 13 heavy (non-hydrogen) atoms. The van der Waals surface area contributed by atoms with E-state index in [1.165, 1.54) is 25.7 Å². The first kappa shape index (κ1) is 11.0. The van der Waals surface area contributed by atoms with Crippen LogP contribution in [0.5, 0.6) is 0 Å². The summed E-state index contributed by atoms with van der Waals surface area (Å²) in [6, 6.07) is 0. The Morgan fingerprint density at radius 3 is 2.46 bits per heavy atom. The quantitative estimate of drug-likeness (QED) is 0.652. The molecular weight excluding hydrogens is 160 g/mol. The molecular formula is C12H24O. The first-order valence-corrected chi connectivity index (χ1v) is 5.66. The Hall–Kier alpha value is -0.0400. The molecule has 0 heterocycles. The van der Waals surface area contributed by atoms with Gasteiger partial charge in [-0.05, 0) is 43.4 Å². The maximum atomic E-state index is 5.46. The molecule has 0 radical (unpaired) electrons. The molecule has 0 aromatic heterocycles. The van der Waals surface area contributed by atoms with E-state index in [4.69, 9.17) is 4.74 Å². The summed E-state index contributed by atoms with van der Waals surface area (Å²) >= 11 is 0. The van der Waals surface area contributed by atoms with Crippen molar-refractivity contribution in [3.8, 4) is 0 Å². The van der Waals surface area contributed by atoms with Gasteiger partial charge in [-0.1, -0.05) is 20.8 Å². The smallest absolute Gasteiger partial charge is 0.0597 e. The third-order valence-corrected chi connectivity index (χ3v) is 3.31. The molecule has 1 fully saturated rings. The van der Waals surface area contributed by atoms with E-state index in [-0.39, 0.29) is 0 Å². The Labute approximate surface area is 82.9 Å². The summed E-state index contributed by atoms with van der Waals surface area (Å²) in [7, 11) is 1.85. The molecule has 0 N–H and O–H groups in total. The fraction of sp³-hybridized carbons (Fsp3) is 1.00. The average Bonchev–Trinajstić information content (AvgIpc) is 2.03. The fourth-order valence-electron chi connectivity index (χ4n) is 2.71. The van der Waals surface area contributed by atoms with Gasteiger partial charge >= 0.3 is 0 Å². The molecule has 0 saturated heterocycles. The van der Waals surface area contributed by atoms with Crippen LogP contribution in [0.2, 0.25) is 0 Å². The van der Waals surface area contributed by atoms with Crippen molar-refractivity contribution in [1.29, 1.82) is 0 Å². The van der Waals surface area contributed by atoms with Crippen LogP contribution in [0.25, 0.3) is 0 Å². The molecule has 0 spiro atoms. The van der Waals surface area contributed by atoms with E-state index in [2.05, 4.69) is 20.8 Å². The summed E-state index contributed by atoms with van der Waals surface area (Å²) in [4.78, 5) is 0. The second kappa shape index (κ2) is 4.99. The van der Waals surface area contributed by atoms with Crippen LogP contribution in [0.3, 0.4) is 0 Å². The molecule has 78 valence electrons. The highest BCUT2D eigenvalue weighted by atomic mass is 16.5. The topological polar surface area (TPSA) is 9.23 Å². The van der Waals surface area contributed by atoms with Crippen molar-refractivity contribution in [3.05, 3.63) is 0 Å². The first-order chi connectivity index (χ1) is 6.13. The predicted octanol–water partition coefficient (Wildman–Crippen LogP) is 3.48. The highest BCUT2D eigenvalue weighted by Crippen LogP contribution is 2.34. The summed E-state index contributed by atoms with van der Waals surface area (Å²) in [6.07, 6.45) is 5.96. The molecule has 1 saturated carbocycles. The molecule has 0 aromatic carbocycles. The normalized spacial score (nSPS) is 35.3. The summed E-state index contributed by atoms with van der Waals surface area (Å²) in [5.41, 5.74) is 0. The van der Waals surface area contributed by atoms with Gasteiger partial charge in [-0.25, -0.2) is 0 Å². The molecule has 1 nitrogen and oxygen atoms in total. The van der Waals surface area contributed by atoms with Gasteiger partial charge in [0, 0.05) is 7.11 Å². The van der Waals surface area contributed by atoms with E-state index in [0.29, 0.717) is 6.10 Å². The zero-order valence-corrected chi connectivity index (χ0v) is 9.55. The van der Waals surface area contributed by atoms with E-state index >= 15 is 0 Å². The Morgan fingerprint density at radius 1 is 1.31 bits per heavy atom. The molecule has 0 aliphatic heterocycles. The summed E-state index contributed by atoms with van der Waals surface area (Å²) in [5, 5.41) is 0. The minimum absolute atomic E-state index is 0.531. The lowest BCUT2D eigenvalue weighted by molar-refractivity contribution is 0.0123. The SMILES string of the molecule is CO[C@H]1CC[C@H](CC(C)C)C[C@H]1C. The van der Waals surface area contributed by atoms with E-state index in [0.717, 1.165) is 17.8 Å².